The smallest absolute Gasteiger partial charge is 0.307 e. The fraction of sp³-hybridized carbons (Fsp3) is 0.417. The highest BCUT2D eigenvalue weighted by Crippen LogP contribution is 2.38. The summed E-state index contributed by atoms with van der Waals surface area (Å²) in [4.78, 5) is 15.7. The van der Waals surface area contributed by atoms with Gasteiger partial charge in [-0.25, -0.2) is 9.10 Å². The third kappa shape index (κ3) is 4.16. The quantitative estimate of drug-likeness (QED) is 0.511. The summed E-state index contributed by atoms with van der Waals surface area (Å²) in [5, 5.41) is 12.1. The molecule has 2 aliphatic heterocycles. The monoisotopic (exact) mass is 435 g/mol. The molecule has 2 amide bonds. The van der Waals surface area contributed by atoms with Gasteiger partial charge in [0.05, 0.1) is 11.2 Å². The molecule has 2 saturated heterocycles. The van der Waals surface area contributed by atoms with Crippen LogP contribution in [0.1, 0.15) is 44.2 Å². The number of carbonyl (C=O) groups is 1. The van der Waals surface area contributed by atoms with Crippen LogP contribution in [0.2, 0.25) is 0 Å². The summed E-state index contributed by atoms with van der Waals surface area (Å²) in [6, 6.07) is 16.3. The Balaban J connectivity index is 1.37. The average Bonchev–Trinajstić information content (AvgIpc) is 3.44. The molecule has 2 aliphatic rings. The number of piperidine rings is 1. The number of para-hydroxylation sites is 1. The molecule has 2 aromatic carbocycles. The first-order valence-corrected chi connectivity index (χ1v) is 12.2. The predicted molar refractivity (Wildman–Crippen MR) is 129 cm³/mol. The summed E-state index contributed by atoms with van der Waals surface area (Å²) >= 11 is 1.49. The van der Waals surface area contributed by atoms with Gasteiger partial charge in [0.15, 0.2) is 0 Å². The number of urea groups is 1. The highest BCUT2D eigenvalue weighted by Gasteiger charge is 2.33. The van der Waals surface area contributed by atoms with E-state index in [2.05, 4.69) is 26.5 Å². The lowest BCUT2D eigenvalue weighted by Gasteiger charge is -2.34. The molecule has 2 fully saturated rings. The molecular weight excluding hydrogens is 406 g/mol. The van der Waals surface area contributed by atoms with E-state index in [1.165, 1.54) is 56.4 Å². The van der Waals surface area contributed by atoms with Gasteiger partial charge in [0.1, 0.15) is 0 Å². The molecule has 0 radical (unpaired) electrons. The lowest BCUT2D eigenvalue weighted by atomic mass is 9.87. The molecular formula is C24H29N5OS. The predicted octanol–water partition coefficient (Wildman–Crippen LogP) is 5.61. The maximum absolute atomic E-state index is 13.1. The Morgan fingerprint density at radius 2 is 2.10 bits per heavy atom. The van der Waals surface area contributed by atoms with Gasteiger partial charge < -0.3 is 10.2 Å². The molecule has 1 aromatic heterocycles. The number of nitrogens with zero attached hydrogens (tertiary/aromatic N) is 3. The van der Waals surface area contributed by atoms with Crippen molar-refractivity contribution in [3.8, 4) is 0 Å². The van der Waals surface area contributed by atoms with Crippen molar-refractivity contribution in [2.75, 3.05) is 28.5 Å². The van der Waals surface area contributed by atoms with Crippen LogP contribution in [0.5, 0.6) is 0 Å². The molecule has 2 N–H and O–H groups in total. The van der Waals surface area contributed by atoms with E-state index >= 15 is 0 Å². The zero-order valence-electron chi connectivity index (χ0n) is 17.9. The molecule has 3 aromatic rings. The van der Waals surface area contributed by atoms with Crippen LogP contribution in [0.25, 0.3) is 10.9 Å². The normalized spacial score (nSPS) is 21.2. The van der Waals surface area contributed by atoms with Crippen LogP contribution in [-0.4, -0.2) is 46.0 Å². The summed E-state index contributed by atoms with van der Waals surface area (Å²) in [6.07, 6.45) is 5.00. The van der Waals surface area contributed by atoms with Crippen LogP contribution in [0.3, 0.4) is 0 Å². The van der Waals surface area contributed by atoms with E-state index in [1.807, 2.05) is 49.4 Å². The summed E-state index contributed by atoms with van der Waals surface area (Å²) in [7, 11) is 0. The number of rotatable bonds is 5. The second kappa shape index (κ2) is 8.93. The first-order valence-electron chi connectivity index (χ1n) is 11.2. The number of hydrogen-bond donors (Lipinski definition) is 2. The van der Waals surface area contributed by atoms with Gasteiger partial charge >= 0.3 is 6.03 Å². The Labute approximate surface area is 187 Å². The Hall–Kier alpha value is -2.51. The van der Waals surface area contributed by atoms with E-state index < -0.39 is 0 Å². The Morgan fingerprint density at radius 1 is 1.23 bits per heavy atom. The molecule has 0 spiro atoms. The summed E-state index contributed by atoms with van der Waals surface area (Å²) in [6.45, 7) is 4.48. The van der Waals surface area contributed by atoms with Crippen molar-refractivity contribution < 1.29 is 4.79 Å². The third-order valence-electron chi connectivity index (χ3n) is 6.50. The zero-order valence-corrected chi connectivity index (χ0v) is 18.7. The number of benzene rings is 2. The molecule has 5 rings (SSSR count). The van der Waals surface area contributed by atoms with Crippen LogP contribution >= 0.6 is 11.9 Å². The van der Waals surface area contributed by atoms with Gasteiger partial charge in [-0.3, -0.25) is 5.10 Å². The molecule has 2 unspecified atom stereocenters. The van der Waals surface area contributed by atoms with Crippen LogP contribution in [0.4, 0.5) is 16.2 Å². The van der Waals surface area contributed by atoms with Crippen LogP contribution in [0.15, 0.2) is 48.5 Å². The highest BCUT2D eigenvalue weighted by atomic mass is 32.2. The lowest BCUT2D eigenvalue weighted by molar-refractivity contribution is 0.180. The maximum atomic E-state index is 13.1. The minimum absolute atomic E-state index is 0.137. The van der Waals surface area contributed by atoms with Gasteiger partial charge in [0.2, 0.25) is 0 Å². The van der Waals surface area contributed by atoms with Crippen LogP contribution in [0, 0.1) is 0 Å². The van der Waals surface area contributed by atoms with Gasteiger partial charge in [-0.15, -0.1) is 0 Å². The summed E-state index contributed by atoms with van der Waals surface area (Å²) in [5.74, 6) is 1.32. The second-order valence-corrected chi connectivity index (χ2v) is 9.60. The molecule has 31 heavy (non-hydrogen) atoms. The van der Waals surface area contributed by atoms with E-state index in [0.717, 1.165) is 28.0 Å². The number of anilines is 2. The Morgan fingerprint density at radius 3 is 2.94 bits per heavy atom. The number of aromatic nitrogens is 2. The van der Waals surface area contributed by atoms with Gasteiger partial charge in [-0.1, -0.05) is 25.1 Å². The van der Waals surface area contributed by atoms with E-state index in [1.54, 1.807) is 4.31 Å². The van der Waals surface area contributed by atoms with Crippen molar-refractivity contribution in [3.05, 3.63) is 54.2 Å². The number of fused-ring (bicyclic) bond motifs is 2. The summed E-state index contributed by atoms with van der Waals surface area (Å²) in [5.41, 5.74) is 3.86. The number of nitrogens with one attached hydrogen (secondary N) is 2. The molecule has 0 saturated carbocycles. The van der Waals surface area contributed by atoms with Gasteiger partial charge in [0, 0.05) is 34.5 Å². The number of carbonyl (C=O) groups excluding carboxylic acids is 1. The lowest BCUT2D eigenvalue weighted by Crippen LogP contribution is -2.37. The first kappa shape index (κ1) is 20.4. The Kier molecular flexibility index (Phi) is 5.87. The fourth-order valence-corrected chi connectivity index (χ4v) is 5.71. The number of aromatic amines is 1. The molecule has 2 atom stereocenters. The average molecular weight is 436 g/mol. The van der Waals surface area contributed by atoms with Gasteiger partial charge in [0.25, 0.3) is 0 Å². The first-order chi connectivity index (χ1) is 15.2. The second-order valence-electron chi connectivity index (χ2n) is 8.40. The molecule has 162 valence electrons. The maximum Gasteiger partial charge on any atom is 0.336 e. The minimum Gasteiger partial charge on any atom is -0.307 e. The Bertz CT molecular complexity index is 1050. The van der Waals surface area contributed by atoms with E-state index in [9.17, 15) is 4.79 Å². The number of amides is 2. The standard InChI is InChI=1S/C24H29N5OS/c1-2-31-29(19-7-4-3-5-8-19)24(30)25-18-10-11-22-21(16-18)23(27-26-22)17-12-14-28-13-6-9-20(28)15-17/h3-5,7-8,10-11,16-17,20H,2,6,9,12-15H2,1H3,(H,25,30)(H,26,27). The van der Waals surface area contributed by atoms with Crippen molar-refractivity contribution in [1.82, 2.24) is 15.1 Å². The molecule has 0 aliphatic carbocycles. The van der Waals surface area contributed by atoms with E-state index in [4.69, 9.17) is 0 Å². The van der Waals surface area contributed by atoms with Crippen LogP contribution in [-0.2, 0) is 0 Å². The van der Waals surface area contributed by atoms with Crippen molar-refractivity contribution in [1.29, 1.82) is 0 Å². The van der Waals surface area contributed by atoms with Crippen LogP contribution < -0.4 is 9.62 Å². The van der Waals surface area contributed by atoms with Crippen molar-refractivity contribution >= 4 is 40.3 Å². The highest BCUT2D eigenvalue weighted by molar-refractivity contribution is 8.01. The molecule has 3 heterocycles. The SMILES string of the molecule is CCSN(C(=O)Nc1ccc2n[nH]c(C3CCN4CCCC4C3)c2c1)c1ccccc1. The van der Waals surface area contributed by atoms with E-state index in [-0.39, 0.29) is 6.03 Å². The molecule has 0 bridgehead atoms. The topological polar surface area (TPSA) is 64.3 Å². The minimum atomic E-state index is -0.137. The van der Waals surface area contributed by atoms with Gasteiger partial charge in [-0.2, -0.15) is 5.10 Å². The van der Waals surface area contributed by atoms with Crippen molar-refractivity contribution in [2.45, 2.75) is 44.6 Å². The fourth-order valence-electron chi connectivity index (χ4n) is 5.02. The zero-order chi connectivity index (χ0) is 21.2. The molecule has 7 heteroatoms. The van der Waals surface area contributed by atoms with E-state index in [0.29, 0.717) is 12.0 Å². The number of H-pyrrole nitrogens is 1. The third-order valence-corrected chi connectivity index (χ3v) is 7.39. The molecule has 6 nitrogen and oxygen atoms in total. The summed E-state index contributed by atoms with van der Waals surface area (Å²) < 4.78 is 1.72. The van der Waals surface area contributed by atoms with Gasteiger partial charge in [-0.05, 0) is 81.1 Å². The van der Waals surface area contributed by atoms with Crippen molar-refractivity contribution in [3.63, 3.8) is 0 Å². The van der Waals surface area contributed by atoms with Crippen molar-refractivity contribution in [2.24, 2.45) is 0 Å². The largest absolute Gasteiger partial charge is 0.336 e. The number of hydrogen-bond acceptors (Lipinski definition) is 4.